The fourth-order valence-electron chi connectivity index (χ4n) is 4.54. The summed E-state index contributed by atoms with van der Waals surface area (Å²) in [6, 6.07) is 4.24. The highest BCUT2D eigenvalue weighted by molar-refractivity contribution is 7.14. The molecule has 2 aromatic rings. The summed E-state index contributed by atoms with van der Waals surface area (Å²) < 4.78 is 6.23. The summed E-state index contributed by atoms with van der Waals surface area (Å²) in [6.45, 7) is 5.05. The van der Waals surface area contributed by atoms with Crippen LogP contribution in [0.3, 0.4) is 0 Å². The molecule has 6 nitrogen and oxygen atoms in total. The lowest BCUT2D eigenvalue weighted by atomic mass is 9.83. The number of amides is 1. The van der Waals surface area contributed by atoms with E-state index < -0.39 is 0 Å². The van der Waals surface area contributed by atoms with Crippen molar-refractivity contribution in [1.29, 1.82) is 0 Å². The fraction of sp³-hybridized carbons (Fsp3) is 0.524. The van der Waals surface area contributed by atoms with Gasteiger partial charge in [-0.15, -0.1) is 36.2 Å². The van der Waals surface area contributed by atoms with E-state index in [0.29, 0.717) is 6.54 Å². The lowest BCUT2D eigenvalue weighted by Crippen LogP contribution is -2.44. The van der Waals surface area contributed by atoms with Crippen molar-refractivity contribution in [3.05, 3.63) is 50.5 Å². The minimum absolute atomic E-state index is 0. The third kappa shape index (κ3) is 4.52. The SMILES string of the molecule is Cl.Cl.O=C(NCc1cnc2c(c1)CNCC2)c1cc2c(s1)CCOC21CCNCC1. The smallest absolute Gasteiger partial charge is 0.261 e. The molecule has 1 amide bonds. The molecule has 0 atom stereocenters. The lowest BCUT2D eigenvalue weighted by molar-refractivity contribution is -0.0792. The van der Waals surface area contributed by atoms with Crippen LogP contribution in [0.2, 0.25) is 0 Å². The van der Waals surface area contributed by atoms with Crippen molar-refractivity contribution in [2.24, 2.45) is 0 Å². The molecule has 1 spiro atoms. The maximum absolute atomic E-state index is 12.8. The quantitative estimate of drug-likeness (QED) is 0.642. The number of ether oxygens (including phenoxy) is 1. The Labute approximate surface area is 193 Å². The summed E-state index contributed by atoms with van der Waals surface area (Å²) >= 11 is 1.63. The second-order valence-electron chi connectivity index (χ2n) is 7.85. The van der Waals surface area contributed by atoms with Crippen molar-refractivity contribution >= 4 is 42.1 Å². The molecule has 2 aromatic heterocycles. The minimum atomic E-state index is -0.191. The summed E-state index contributed by atoms with van der Waals surface area (Å²) in [5.74, 6) is -0.000620. The lowest BCUT2D eigenvalue weighted by Gasteiger charge is -2.40. The Bertz CT molecular complexity index is 899. The fourth-order valence-corrected chi connectivity index (χ4v) is 5.68. The molecule has 3 N–H and O–H groups in total. The Morgan fingerprint density at radius 1 is 1.17 bits per heavy atom. The number of hydrogen-bond donors (Lipinski definition) is 3. The zero-order valence-electron chi connectivity index (χ0n) is 16.8. The number of rotatable bonds is 3. The highest BCUT2D eigenvalue weighted by Crippen LogP contribution is 2.43. The standard InChI is InChI=1S/C21H26N4O2S.2ClH/c26-20(25-12-14-9-15-13-23-5-1-17(15)24-11-14)19-10-16-18(28-19)2-8-27-21(16)3-6-22-7-4-21;;/h9-11,22-23H,1-8,12-13H2,(H,25,26);2*1H. The van der Waals surface area contributed by atoms with E-state index in [1.165, 1.54) is 21.7 Å². The number of aromatic nitrogens is 1. The number of carbonyl (C=O) groups is 1. The van der Waals surface area contributed by atoms with Gasteiger partial charge in [-0.1, -0.05) is 0 Å². The van der Waals surface area contributed by atoms with Gasteiger partial charge in [0.15, 0.2) is 0 Å². The third-order valence-electron chi connectivity index (χ3n) is 6.07. The van der Waals surface area contributed by atoms with Crippen LogP contribution in [0, 0.1) is 0 Å². The van der Waals surface area contributed by atoms with Crippen LogP contribution in [-0.2, 0) is 36.3 Å². The van der Waals surface area contributed by atoms with E-state index in [1.54, 1.807) is 11.3 Å². The summed E-state index contributed by atoms with van der Waals surface area (Å²) in [5, 5.41) is 9.86. The Kier molecular flexibility index (Phi) is 7.76. The first-order chi connectivity index (χ1) is 13.7. The molecule has 0 bridgehead atoms. The van der Waals surface area contributed by atoms with Crippen molar-refractivity contribution < 1.29 is 9.53 Å². The molecule has 1 fully saturated rings. The highest BCUT2D eigenvalue weighted by Gasteiger charge is 2.40. The summed E-state index contributed by atoms with van der Waals surface area (Å²) in [7, 11) is 0. The molecular formula is C21H28Cl2N4O2S. The molecule has 5 rings (SSSR count). The van der Waals surface area contributed by atoms with Crippen molar-refractivity contribution in [2.45, 2.75) is 44.4 Å². The number of piperidine rings is 1. The highest BCUT2D eigenvalue weighted by atomic mass is 35.5. The van der Waals surface area contributed by atoms with E-state index in [9.17, 15) is 4.79 Å². The van der Waals surface area contributed by atoms with Crippen molar-refractivity contribution in [2.75, 3.05) is 26.2 Å². The predicted molar refractivity (Wildman–Crippen MR) is 123 cm³/mol. The Morgan fingerprint density at radius 3 is 2.83 bits per heavy atom. The third-order valence-corrected chi connectivity index (χ3v) is 7.26. The molecule has 30 heavy (non-hydrogen) atoms. The van der Waals surface area contributed by atoms with Gasteiger partial charge in [-0.3, -0.25) is 9.78 Å². The summed E-state index contributed by atoms with van der Waals surface area (Å²) in [4.78, 5) is 19.5. The maximum atomic E-state index is 12.8. The Balaban J connectivity index is 0.00000128. The number of carbonyl (C=O) groups excluding carboxylic acids is 1. The second kappa shape index (κ2) is 9.94. The molecule has 0 radical (unpaired) electrons. The van der Waals surface area contributed by atoms with Gasteiger partial charge in [0, 0.05) is 49.2 Å². The summed E-state index contributed by atoms with van der Waals surface area (Å²) in [6.07, 6.45) is 5.73. The van der Waals surface area contributed by atoms with Gasteiger partial charge in [-0.05, 0) is 54.8 Å². The number of halogens is 2. The molecule has 5 heterocycles. The van der Waals surface area contributed by atoms with E-state index in [-0.39, 0.29) is 36.3 Å². The second-order valence-corrected chi connectivity index (χ2v) is 8.99. The topological polar surface area (TPSA) is 75.3 Å². The molecule has 9 heteroatoms. The molecule has 0 aromatic carbocycles. The van der Waals surface area contributed by atoms with Crippen LogP contribution < -0.4 is 16.0 Å². The van der Waals surface area contributed by atoms with Gasteiger partial charge in [0.2, 0.25) is 0 Å². The van der Waals surface area contributed by atoms with E-state index in [4.69, 9.17) is 4.74 Å². The first-order valence-electron chi connectivity index (χ1n) is 10.2. The van der Waals surface area contributed by atoms with Crippen molar-refractivity contribution in [3.8, 4) is 0 Å². The molecule has 0 unspecified atom stereocenters. The zero-order chi connectivity index (χ0) is 19.0. The van der Waals surface area contributed by atoms with E-state index >= 15 is 0 Å². The van der Waals surface area contributed by atoms with Gasteiger partial charge in [0.1, 0.15) is 0 Å². The number of pyridine rings is 1. The summed E-state index contributed by atoms with van der Waals surface area (Å²) in [5.41, 5.74) is 4.53. The van der Waals surface area contributed by atoms with Gasteiger partial charge < -0.3 is 20.7 Å². The van der Waals surface area contributed by atoms with Crippen LogP contribution >= 0.6 is 36.2 Å². The predicted octanol–water partition coefficient (Wildman–Crippen LogP) is 2.71. The van der Waals surface area contributed by atoms with E-state index in [2.05, 4.69) is 33.1 Å². The number of thiophene rings is 1. The molecule has 164 valence electrons. The van der Waals surface area contributed by atoms with Crippen molar-refractivity contribution in [1.82, 2.24) is 20.9 Å². The van der Waals surface area contributed by atoms with Crippen LogP contribution in [-0.4, -0.2) is 37.1 Å². The molecule has 1 saturated heterocycles. The number of nitrogens with zero attached hydrogens (tertiary/aromatic N) is 1. The van der Waals surface area contributed by atoms with E-state index in [1.807, 2.05) is 6.20 Å². The first-order valence-corrected chi connectivity index (χ1v) is 11.0. The van der Waals surface area contributed by atoms with E-state index in [0.717, 1.165) is 68.9 Å². The van der Waals surface area contributed by atoms with Gasteiger partial charge in [-0.25, -0.2) is 0 Å². The molecule has 0 saturated carbocycles. The Morgan fingerprint density at radius 2 is 2.00 bits per heavy atom. The van der Waals surface area contributed by atoms with Crippen LogP contribution in [0.15, 0.2) is 18.3 Å². The van der Waals surface area contributed by atoms with Crippen LogP contribution in [0.1, 0.15) is 49.8 Å². The average Bonchev–Trinajstić information content (AvgIpc) is 3.19. The molecule has 3 aliphatic rings. The van der Waals surface area contributed by atoms with Crippen LogP contribution in [0.5, 0.6) is 0 Å². The molecule has 0 aliphatic carbocycles. The van der Waals surface area contributed by atoms with Gasteiger partial charge in [0.25, 0.3) is 5.91 Å². The molecular weight excluding hydrogens is 443 g/mol. The number of nitrogens with one attached hydrogen (secondary N) is 3. The Hall–Kier alpha value is -1.22. The average molecular weight is 471 g/mol. The van der Waals surface area contributed by atoms with Crippen LogP contribution in [0.25, 0.3) is 0 Å². The normalized spacial score (nSPS) is 19.1. The van der Waals surface area contributed by atoms with Gasteiger partial charge in [0.05, 0.1) is 17.1 Å². The monoisotopic (exact) mass is 470 g/mol. The maximum Gasteiger partial charge on any atom is 0.261 e. The number of hydrogen-bond acceptors (Lipinski definition) is 6. The minimum Gasteiger partial charge on any atom is -0.370 e. The first kappa shape index (κ1) is 23.4. The molecule has 3 aliphatic heterocycles. The van der Waals surface area contributed by atoms with Crippen molar-refractivity contribution in [3.63, 3.8) is 0 Å². The number of fused-ring (bicyclic) bond motifs is 3. The zero-order valence-corrected chi connectivity index (χ0v) is 19.2. The van der Waals surface area contributed by atoms with Gasteiger partial charge >= 0.3 is 0 Å². The van der Waals surface area contributed by atoms with Crippen LogP contribution in [0.4, 0.5) is 0 Å². The largest absolute Gasteiger partial charge is 0.370 e. The van der Waals surface area contributed by atoms with Gasteiger partial charge in [-0.2, -0.15) is 0 Å².